The van der Waals surface area contributed by atoms with Crippen molar-refractivity contribution in [2.24, 2.45) is 0 Å². The van der Waals surface area contributed by atoms with Gasteiger partial charge in [-0.15, -0.1) is 0 Å². The minimum absolute atomic E-state index is 0.303. The second-order valence-corrected chi connectivity index (χ2v) is 4.27. The second-order valence-electron chi connectivity index (χ2n) is 4.27. The van der Waals surface area contributed by atoms with Gasteiger partial charge in [-0.2, -0.15) is 0 Å². The highest BCUT2D eigenvalue weighted by atomic mass is 16.5. The van der Waals surface area contributed by atoms with E-state index in [0.29, 0.717) is 18.0 Å². The summed E-state index contributed by atoms with van der Waals surface area (Å²) in [5.74, 6) is -0.414. The number of pyridine rings is 1. The van der Waals surface area contributed by atoms with E-state index in [1.807, 2.05) is 18.2 Å². The fraction of sp³-hybridized carbons (Fsp3) is 0.143. The van der Waals surface area contributed by atoms with Crippen LogP contribution in [-0.2, 0) is 4.74 Å². The molecule has 0 unspecified atom stereocenters. The average molecular weight is 255 g/mol. The van der Waals surface area contributed by atoms with Gasteiger partial charge in [0.05, 0.1) is 18.3 Å². The minimum atomic E-state index is -0.414. The Morgan fingerprint density at radius 3 is 2.89 bits per heavy atom. The predicted molar refractivity (Wildman–Crippen MR) is 74.0 cm³/mol. The molecule has 5 nitrogen and oxygen atoms in total. The number of aromatic nitrogens is 2. The Bertz CT molecular complexity index is 777. The summed E-state index contributed by atoms with van der Waals surface area (Å²) in [6.45, 7) is 2.10. The monoisotopic (exact) mass is 255 g/mol. The smallest absolute Gasteiger partial charge is 0.356 e. The largest absolute Gasteiger partial charge is 0.461 e. The third kappa shape index (κ3) is 1.89. The number of fused-ring (bicyclic) bond motifs is 3. The van der Waals surface area contributed by atoms with E-state index in [0.717, 1.165) is 21.8 Å². The van der Waals surface area contributed by atoms with E-state index < -0.39 is 5.97 Å². The Kier molecular flexibility index (Phi) is 2.59. The first-order valence-corrected chi connectivity index (χ1v) is 6.03. The molecule has 1 aromatic carbocycles. The van der Waals surface area contributed by atoms with E-state index in [1.165, 1.54) is 0 Å². The number of H-pyrrole nitrogens is 1. The number of carbonyl (C=O) groups excluding carboxylic acids is 1. The lowest BCUT2D eigenvalue weighted by molar-refractivity contribution is 0.0520. The first-order chi connectivity index (χ1) is 9.19. The molecule has 0 atom stereocenters. The molecular weight excluding hydrogens is 242 g/mol. The first kappa shape index (κ1) is 11.5. The molecule has 0 bridgehead atoms. The van der Waals surface area contributed by atoms with Gasteiger partial charge in [-0.25, -0.2) is 9.78 Å². The molecule has 0 saturated carbocycles. The number of benzene rings is 1. The Balaban J connectivity index is 2.23. The third-order valence-corrected chi connectivity index (χ3v) is 2.99. The number of nitrogens with one attached hydrogen (secondary N) is 1. The zero-order valence-corrected chi connectivity index (χ0v) is 10.4. The molecule has 0 aliphatic carbocycles. The van der Waals surface area contributed by atoms with E-state index in [4.69, 9.17) is 10.5 Å². The van der Waals surface area contributed by atoms with Gasteiger partial charge in [0, 0.05) is 22.0 Å². The maximum atomic E-state index is 11.7. The molecular formula is C14H13N3O2. The molecule has 5 heteroatoms. The number of hydrogen-bond acceptors (Lipinski definition) is 4. The van der Waals surface area contributed by atoms with E-state index in [9.17, 15) is 4.79 Å². The van der Waals surface area contributed by atoms with Crippen LogP contribution in [0.15, 0.2) is 30.5 Å². The zero-order chi connectivity index (χ0) is 13.4. The molecule has 0 radical (unpaired) electrons. The topological polar surface area (TPSA) is 81.0 Å². The molecule has 0 aliphatic heterocycles. The summed E-state index contributed by atoms with van der Waals surface area (Å²) in [5.41, 5.74) is 8.62. The summed E-state index contributed by atoms with van der Waals surface area (Å²) in [5, 5.41) is 1.89. The summed E-state index contributed by atoms with van der Waals surface area (Å²) >= 11 is 0. The van der Waals surface area contributed by atoms with Crippen LogP contribution in [0, 0.1) is 0 Å². The number of rotatable bonds is 2. The summed E-state index contributed by atoms with van der Waals surface area (Å²) in [6, 6.07) is 7.35. The molecule has 0 amide bonds. The third-order valence-electron chi connectivity index (χ3n) is 2.99. The summed E-state index contributed by atoms with van der Waals surface area (Å²) in [4.78, 5) is 19.0. The molecule has 2 aromatic heterocycles. The number of aromatic amines is 1. The van der Waals surface area contributed by atoms with Crippen LogP contribution in [0.5, 0.6) is 0 Å². The summed E-state index contributed by atoms with van der Waals surface area (Å²) < 4.78 is 4.95. The highest BCUT2D eigenvalue weighted by Gasteiger charge is 2.11. The Morgan fingerprint density at radius 1 is 1.32 bits per heavy atom. The van der Waals surface area contributed by atoms with Crippen molar-refractivity contribution in [1.29, 1.82) is 0 Å². The highest BCUT2D eigenvalue weighted by molar-refractivity contribution is 6.09. The van der Waals surface area contributed by atoms with Crippen molar-refractivity contribution in [3.05, 3.63) is 36.2 Å². The van der Waals surface area contributed by atoms with Gasteiger partial charge in [-0.3, -0.25) is 0 Å². The average Bonchev–Trinajstić information content (AvgIpc) is 2.76. The quantitative estimate of drug-likeness (QED) is 0.544. The van der Waals surface area contributed by atoms with Gasteiger partial charge in [0.25, 0.3) is 0 Å². The van der Waals surface area contributed by atoms with Crippen LogP contribution in [0.2, 0.25) is 0 Å². The Morgan fingerprint density at radius 2 is 2.11 bits per heavy atom. The van der Waals surface area contributed by atoms with E-state index in [2.05, 4.69) is 9.97 Å². The molecule has 96 valence electrons. The van der Waals surface area contributed by atoms with Gasteiger partial charge >= 0.3 is 5.97 Å². The lowest BCUT2D eigenvalue weighted by Gasteiger charge is -2.00. The Hall–Kier alpha value is -2.56. The molecule has 19 heavy (non-hydrogen) atoms. The number of ether oxygens (including phenoxy) is 1. The van der Waals surface area contributed by atoms with Crippen LogP contribution >= 0.6 is 0 Å². The van der Waals surface area contributed by atoms with Crippen molar-refractivity contribution >= 4 is 33.5 Å². The number of nitrogen functional groups attached to an aromatic ring is 1. The number of nitrogens with zero attached hydrogens (tertiary/aromatic N) is 1. The SMILES string of the molecule is CCOC(=O)c1cc2c(cn1)[nH]c1ccc(N)cc12. The molecule has 0 spiro atoms. The molecule has 0 saturated heterocycles. The van der Waals surface area contributed by atoms with Crippen molar-refractivity contribution in [2.45, 2.75) is 6.92 Å². The van der Waals surface area contributed by atoms with Crippen molar-refractivity contribution in [1.82, 2.24) is 9.97 Å². The number of nitrogens with two attached hydrogens (primary N) is 1. The van der Waals surface area contributed by atoms with Crippen LogP contribution in [0.4, 0.5) is 5.69 Å². The standard InChI is InChI=1S/C14H13N3O2/c1-2-19-14(18)12-6-10-9-5-8(15)3-4-11(9)17-13(10)7-16-12/h3-7,17H,2,15H2,1H3. The minimum Gasteiger partial charge on any atom is -0.461 e. The fourth-order valence-corrected chi connectivity index (χ4v) is 2.13. The van der Waals surface area contributed by atoms with Crippen LogP contribution < -0.4 is 5.73 Å². The lowest BCUT2D eigenvalue weighted by atomic mass is 10.1. The van der Waals surface area contributed by atoms with Gasteiger partial charge < -0.3 is 15.5 Å². The van der Waals surface area contributed by atoms with Crippen molar-refractivity contribution in [3.63, 3.8) is 0 Å². The first-order valence-electron chi connectivity index (χ1n) is 6.03. The van der Waals surface area contributed by atoms with Gasteiger partial charge in [-0.05, 0) is 31.2 Å². The van der Waals surface area contributed by atoms with Gasteiger partial charge in [-0.1, -0.05) is 0 Å². The van der Waals surface area contributed by atoms with Crippen LogP contribution in [-0.4, -0.2) is 22.5 Å². The second kappa shape index (κ2) is 4.28. The maximum absolute atomic E-state index is 11.7. The fourth-order valence-electron chi connectivity index (χ4n) is 2.13. The van der Waals surface area contributed by atoms with E-state index in [-0.39, 0.29) is 0 Å². The maximum Gasteiger partial charge on any atom is 0.356 e. The van der Waals surface area contributed by atoms with Gasteiger partial charge in [0.1, 0.15) is 5.69 Å². The normalized spacial score (nSPS) is 11.0. The summed E-state index contributed by atoms with van der Waals surface area (Å²) in [6.07, 6.45) is 1.64. The number of hydrogen-bond donors (Lipinski definition) is 2. The van der Waals surface area contributed by atoms with Gasteiger partial charge in [0.15, 0.2) is 0 Å². The van der Waals surface area contributed by atoms with E-state index in [1.54, 1.807) is 19.2 Å². The molecule has 2 heterocycles. The molecule has 3 N–H and O–H groups in total. The highest BCUT2D eigenvalue weighted by Crippen LogP contribution is 2.27. The van der Waals surface area contributed by atoms with Gasteiger partial charge in [0.2, 0.25) is 0 Å². The molecule has 3 aromatic rings. The van der Waals surface area contributed by atoms with Crippen molar-refractivity contribution in [2.75, 3.05) is 12.3 Å². The number of esters is 1. The summed E-state index contributed by atoms with van der Waals surface area (Å²) in [7, 11) is 0. The lowest BCUT2D eigenvalue weighted by Crippen LogP contribution is -2.06. The molecule has 3 rings (SSSR count). The number of anilines is 1. The van der Waals surface area contributed by atoms with Crippen LogP contribution in [0.25, 0.3) is 21.8 Å². The number of carbonyl (C=O) groups is 1. The van der Waals surface area contributed by atoms with Crippen molar-refractivity contribution < 1.29 is 9.53 Å². The molecule has 0 aliphatic rings. The van der Waals surface area contributed by atoms with Crippen LogP contribution in [0.3, 0.4) is 0 Å². The van der Waals surface area contributed by atoms with E-state index >= 15 is 0 Å². The Labute approximate surface area is 109 Å². The predicted octanol–water partition coefficient (Wildman–Crippen LogP) is 2.47. The van der Waals surface area contributed by atoms with Crippen molar-refractivity contribution in [3.8, 4) is 0 Å². The zero-order valence-electron chi connectivity index (χ0n) is 10.4. The van der Waals surface area contributed by atoms with Crippen LogP contribution in [0.1, 0.15) is 17.4 Å². The molecule has 0 fully saturated rings.